The molecule has 0 aliphatic carbocycles. The summed E-state index contributed by atoms with van der Waals surface area (Å²) in [5, 5.41) is 2.46. The van der Waals surface area contributed by atoms with Crippen LogP contribution in [0, 0.1) is 23.4 Å². The van der Waals surface area contributed by atoms with E-state index in [0.717, 1.165) is 24.3 Å². The first kappa shape index (κ1) is 24.4. The molecule has 1 aliphatic rings. The van der Waals surface area contributed by atoms with Crippen LogP contribution in [0.15, 0.2) is 30.3 Å². The molecule has 1 fully saturated rings. The van der Waals surface area contributed by atoms with Crippen molar-refractivity contribution in [3.8, 4) is 5.75 Å². The average molecular weight is 472 g/mol. The van der Waals surface area contributed by atoms with Gasteiger partial charge in [-0.05, 0) is 44.0 Å². The fourth-order valence-corrected chi connectivity index (χ4v) is 3.88. The number of alkyl halides is 2. The van der Waals surface area contributed by atoms with Gasteiger partial charge in [-0.1, -0.05) is 13.0 Å². The highest BCUT2D eigenvalue weighted by molar-refractivity contribution is 5.98. The number of carbonyl (C=O) groups excluding carboxylic acids is 2. The lowest BCUT2D eigenvalue weighted by Crippen LogP contribution is -2.33. The number of carbonyl (C=O) groups is 2. The second kappa shape index (κ2) is 8.97. The minimum Gasteiger partial charge on any atom is -0.431 e. The van der Waals surface area contributed by atoms with Crippen molar-refractivity contribution in [2.24, 2.45) is 11.7 Å². The van der Waals surface area contributed by atoms with Gasteiger partial charge in [-0.2, -0.15) is 13.2 Å². The fraction of sp³-hybridized carbons (Fsp3) is 0.364. The van der Waals surface area contributed by atoms with Crippen molar-refractivity contribution in [2.45, 2.75) is 45.0 Å². The van der Waals surface area contributed by atoms with Crippen LogP contribution in [0.3, 0.4) is 0 Å². The van der Waals surface area contributed by atoms with Crippen LogP contribution in [-0.2, 0) is 9.53 Å². The number of anilines is 1. The molecule has 3 N–H and O–H groups in total. The molecule has 0 bridgehead atoms. The third kappa shape index (κ3) is 4.77. The van der Waals surface area contributed by atoms with Crippen molar-refractivity contribution in [2.75, 3.05) is 5.32 Å². The van der Waals surface area contributed by atoms with E-state index in [1.807, 2.05) is 0 Å². The van der Waals surface area contributed by atoms with Gasteiger partial charge in [0.1, 0.15) is 11.9 Å². The van der Waals surface area contributed by atoms with Crippen LogP contribution < -0.4 is 15.8 Å². The lowest BCUT2D eigenvalue weighted by molar-refractivity contribution is -0.131. The standard InChI is InChI=1S/C22H21F5N2O4/c1-9-15(11-5-7-14(24)16(25)17(11)32-21(26)27)18(33-22(9,2)3)20(31)29-10-4-6-13(23)12(8-10)19(28)30/h4-9,15,18,21H,1-3H3,(H2,28,30)(H,29,31)/t9-,15+,18-/m0/s1. The van der Waals surface area contributed by atoms with Crippen molar-refractivity contribution in [1.82, 2.24) is 0 Å². The van der Waals surface area contributed by atoms with E-state index in [4.69, 9.17) is 10.5 Å². The van der Waals surface area contributed by atoms with Gasteiger partial charge in [-0.15, -0.1) is 0 Å². The van der Waals surface area contributed by atoms with E-state index in [1.165, 1.54) is 6.07 Å². The molecule has 0 unspecified atom stereocenters. The van der Waals surface area contributed by atoms with Crippen LogP contribution in [0.5, 0.6) is 5.75 Å². The molecule has 2 amide bonds. The maximum absolute atomic E-state index is 14.4. The summed E-state index contributed by atoms with van der Waals surface area (Å²) < 4.78 is 77.8. The molecule has 3 rings (SSSR count). The third-order valence-corrected chi connectivity index (χ3v) is 5.80. The van der Waals surface area contributed by atoms with Gasteiger partial charge in [-0.3, -0.25) is 9.59 Å². The van der Waals surface area contributed by atoms with E-state index < -0.39 is 70.7 Å². The first-order chi connectivity index (χ1) is 15.3. The maximum Gasteiger partial charge on any atom is 0.387 e. The molecular weight excluding hydrogens is 451 g/mol. The van der Waals surface area contributed by atoms with E-state index in [0.29, 0.717) is 0 Å². The molecule has 11 heteroatoms. The van der Waals surface area contributed by atoms with Crippen LogP contribution in [0.25, 0.3) is 0 Å². The molecule has 2 aromatic carbocycles. The minimum absolute atomic E-state index is 0.0178. The number of hydrogen-bond donors (Lipinski definition) is 2. The van der Waals surface area contributed by atoms with E-state index in [2.05, 4.69) is 10.1 Å². The van der Waals surface area contributed by atoms with Crippen molar-refractivity contribution in [1.29, 1.82) is 0 Å². The maximum atomic E-state index is 14.4. The van der Waals surface area contributed by atoms with Gasteiger partial charge < -0.3 is 20.5 Å². The SMILES string of the molecule is C[C@H]1[C@H](c2ccc(F)c(F)c2OC(F)F)[C@@H](C(=O)Nc2ccc(F)c(C(N)=O)c2)OC1(C)C. The molecule has 3 atom stereocenters. The van der Waals surface area contributed by atoms with Gasteiger partial charge in [0.2, 0.25) is 5.82 Å². The van der Waals surface area contributed by atoms with Gasteiger partial charge in [0.25, 0.3) is 11.8 Å². The van der Waals surface area contributed by atoms with Crippen molar-refractivity contribution in [3.05, 3.63) is 58.9 Å². The molecule has 178 valence electrons. The topological polar surface area (TPSA) is 90.6 Å². The molecule has 0 aromatic heterocycles. The molecule has 1 aliphatic heterocycles. The Morgan fingerprint density at radius 3 is 2.36 bits per heavy atom. The predicted molar refractivity (Wildman–Crippen MR) is 107 cm³/mol. The van der Waals surface area contributed by atoms with Crippen LogP contribution >= 0.6 is 0 Å². The number of nitrogens with one attached hydrogen (secondary N) is 1. The average Bonchev–Trinajstić information content (AvgIpc) is 2.96. The van der Waals surface area contributed by atoms with Gasteiger partial charge >= 0.3 is 6.61 Å². The summed E-state index contributed by atoms with van der Waals surface area (Å²) in [6.45, 7) is 1.52. The largest absolute Gasteiger partial charge is 0.431 e. The van der Waals surface area contributed by atoms with E-state index in [1.54, 1.807) is 20.8 Å². The normalized spacial score (nSPS) is 21.8. The lowest BCUT2D eigenvalue weighted by atomic mass is 9.78. The van der Waals surface area contributed by atoms with E-state index in [9.17, 15) is 31.5 Å². The van der Waals surface area contributed by atoms with Crippen LogP contribution in [-0.4, -0.2) is 30.1 Å². The number of rotatable bonds is 6. The molecule has 1 saturated heterocycles. The summed E-state index contributed by atoms with van der Waals surface area (Å²) in [6, 6.07) is 4.94. The molecule has 33 heavy (non-hydrogen) atoms. The number of hydrogen-bond acceptors (Lipinski definition) is 4. The Labute approximate surface area is 185 Å². The Morgan fingerprint density at radius 1 is 1.12 bits per heavy atom. The number of primary amides is 1. The van der Waals surface area contributed by atoms with Crippen molar-refractivity contribution in [3.63, 3.8) is 0 Å². The molecular formula is C22H21F5N2O4. The van der Waals surface area contributed by atoms with Crippen LogP contribution in [0.2, 0.25) is 0 Å². The first-order valence-electron chi connectivity index (χ1n) is 9.84. The Balaban J connectivity index is 2.02. The molecule has 2 aromatic rings. The summed E-state index contributed by atoms with van der Waals surface area (Å²) in [5.74, 6) is -8.30. The highest BCUT2D eigenvalue weighted by Crippen LogP contribution is 2.49. The van der Waals surface area contributed by atoms with Gasteiger partial charge in [0.05, 0.1) is 11.2 Å². The Hall–Kier alpha value is -3.21. The Kier molecular flexibility index (Phi) is 6.64. The number of amides is 2. The second-order valence-electron chi connectivity index (χ2n) is 8.16. The Morgan fingerprint density at radius 2 is 1.76 bits per heavy atom. The van der Waals surface area contributed by atoms with Crippen molar-refractivity contribution >= 4 is 17.5 Å². The molecule has 0 radical (unpaired) electrons. The molecule has 6 nitrogen and oxygen atoms in total. The highest BCUT2D eigenvalue weighted by Gasteiger charge is 2.51. The molecule has 1 heterocycles. The number of halogens is 5. The zero-order chi connectivity index (χ0) is 24.7. The number of benzene rings is 2. The second-order valence-corrected chi connectivity index (χ2v) is 8.16. The van der Waals surface area contributed by atoms with Gasteiger partial charge in [-0.25, -0.2) is 8.78 Å². The van der Waals surface area contributed by atoms with Crippen molar-refractivity contribution < 1.29 is 41.0 Å². The third-order valence-electron chi connectivity index (χ3n) is 5.80. The Bertz CT molecular complexity index is 1090. The smallest absolute Gasteiger partial charge is 0.387 e. The summed E-state index contributed by atoms with van der Waals surface area (Å²) in [4.78, 5) is 24.5. The van der Waals surface area contributed by atoms with E-state index >= 15 is 0 Å². The van der Waals surface area contributed by atoms with Gasteiger partial charge in [0.15, 0.2) is 11.6 Å². The number of nitrogens with two attached hydrogens (primary N) is 1. The minimum atomic E-state index is -3.44. The summed E-state index contributed by atoms with van der Waals surface area (Å²) in [6.07, 6.45) is -1.35. The van der Waals surface area contributed by atoms with Gasteiger partial charge in [0, 0.05) is 17.2 Å². The van der Waals surface area contributed by atoms with Crippen LogP contribution in [0.1, 0.15) is 42.6 Å². The summed E-state index contributed by atoms with van der Waals surface area (Å²) in [7, 11) is 0. The van der Waals surface area contributed by atoms with Crippen LogP contribution in [0.4, 0.5) is 27.6 Å². The lowest BCUT2D eigenvalue weighted by Gasteiger charge is -2.26. The summed E-state index contributed by atoms with van der Waals surface area (Å²) in [5.41, 5.74) is 3.52. The van der Waals surface area contributed by atoms with E-state index in [-0.39, 0.29) is 11.3 Å². The summed E-state index contributed by atoms with van der Waals surface area (Å²) >= 11 is 0. The monoisotopic (exact) mass is 472 g/mol. The molecule has 0 spiro atoms. The fourth-order valence-electron chi connectivity index (χ4n) is 3.88. The quantitative estimate of drug-likeness (QED) is 0.612. The zero-order valence-corrected chi connectivity index (χ0v) is 17.8. The number of ether oxygens (including phenoxy) is 2. The first-order valence-corrected chi connectivity index (χ1v) is 9.84. The predicted octanol–water partition coefficient (Wildman–Crippen LogP) is 4.34. The highest BCUT2D eigenvalue weighted by atomic mass is 19.3. The zero-order valence-electron chi connectivity index (χ0n) is 17.8. The molecule has 0 saturated carbocycles.